The molecule has 0 bridgehead atoms. The van der Waals surface area contributed by atoms with Gasteiger partial charge in [0.05, 0.1) is 19.8 Å². The molecule has 0 amide bonds. The summed E-state index contributed by atoms with van der Waals surface area (Å²) in [4.78, 5) is 0. The van der Waals surface area contributed by atoms with E-state index in [1.165, 1.54) is 26.4 Å². The van der Waals surface area contributed by atoms with Crippen LogP contribution in [0.2, 0.25) is 0 Å². The van der Waals surface area contributed by atoms with Crippen LogP contribution in [0.15, 0.2) is 12.1 Å². The average molecular weight is 232 g/mol. The van der Waals surface area contributed by atoms with Crippen molar-refractivity contribution in [1.82, 2.24) is 0 Å². The summed E-state index contributed by atoms with van der Waals surface area (Å²) < 4.78 is 35.3. The Balaban J connectivity index is 3.23. The molecule has 0 aromatic heterocycles. The van der Waals surface area contributed by atoms with E-state index in [2.05, 4.69) is 0 Å². The number of alkyl halides is 2. The zero-order chi connectivity index (χ0) is 12.1. The zero-order valence-electron chi connectivity index (χ0n) is 9.17. The van der Waals surface area contributed by atoms with Crippen molar-refractivity contribution in [1.29, 1.82) is 0 Å². The lowest BCUT2D eigenvalue weighted by Crippen LogP contribution is -2.00. The number of ether oxygens (including phenoxy) is 2. The van der Waals surface area contributed by atoms with E-state index in [-0.39, 0.29) is 24.3 Å². The van der Waals surface area contributed by atoms with Crippen molar-refractivity contribution in [3.63, 3.8) is 0 Å². The second-order valence-electron chi connectivity index (χ2n) is 3.18. The first-order valence-corrected chi connectivity index (χ1v) is 4.77. The predicted molar refractivity (Wildman–Crippen MR) is 55.3 cm³/mol. The molecule has 1 N–H and O–H groups in total. The summed E-state index contributed by atoms with van der Waals surface area (Å²) >= 11 is 0. The Morgan fingerprint density at radius 3 is 2.25 bits per heavy atom. The highest BCUT2D eigenvalue weighted by Crippen LogP contribution is 2.35. The molecule has 1 aromatic carbocycles. The van der Waals surface area contributed by atoms with Crippen LogP contribution in [0.1, 0.15) is 17.6 Å². The summed E-state index contributed by atoms with van der Waals surface area (Å²) in [6.07, 6.45) is -2.34. The van der Waals surface area contributed by atoms with E-state index in [0.29, 0.717) is 11.3 Å². The van der Waals surface area contributed by atoms with Gasteiger partial charge < -0.3 is 14.6 Å². The van der Waals surface area contributed by atoms with Gasteiger partial charge in [0.25, 0.3) is 6.43 Å². The van der Waals surface area contributed by atoms with E-state index in [0.717, 1.165) is 0 Å². The minimum absolute atomic E-state index is 0.0912. The van der Waals surface area contributed by atoms with Crippen LogP contribution >= 0.6 is 0 Å². The summed E-state index contributed by atoms with van der Waals surface area (Å²) in [6, 6.07) is 2.71. The Morgan fingerprint density at radius 1 is 1.19 bits per heavy atom. The van der Waals surface area contributed by atoms with Crippen LogP contribution in [0.5, 0.6) is 11.5 Å². The first-order valence-electron chi connectivity index (χ1n) is 4.77. The fourth-order valence-electron chi connectivity index (χ4n) is 1.48. The smallest absolute Gasteiger partial charge is 0.267 e. The quantitative estimate of drug-likeness (QED) is 0.845. The van der Waals surface area contributed by atoms with E-state index >= 15 is 0 Å². The number of aliphatic hydroxyl groups is 1. The SMILES string of the molecule is COc1cc(OC)c(C(F)F)cc1CCO. The van der Waals surface area contributed by atoms with Gasteiger partial charge in [-0.25, -0.2) is 8.78 Å². The molecule has 0 radical (unpaired) electrons. The van der Waals surface area contributed by atoms with Gasteiger partial charge in [0.1, 0.15) is 11.5 Å². The molecule has 0 fully saturated rings. The predicted octanol–water partition coefficient (Wildman–Crippen LogP) is 2.18. The van der Waals surface area contributed by atoms with E-state index in [9.17, 15) is 8.78 Å². The van der Waals surface area contributed by atoms with Crippen LogP contribution in [0, 0.1) is 0 Å². The second kappa shape index (κ2) is 5.65. The largest absolute Gasteiger partial charge is 0.496 e. The molecular formula is C11H14F2O3. The van der Waals surface area contributed by atoms with Gasteiger partial charge in [-0.2, -0.15) is 0 Å². The highest BCUT2D eigenvalue weighted by Gasteiger charge is 2.17. The topological polar surface area (TPSA) is 38.7 Å². The highest BCUT2D eigenvalue weighted by molar-refractivity contribution is 5.47. The number of methoxy groups -OCH3 is 2. The van der Waals surface area contributed by atoms with Crippen molar-refractivity contribution >= 4 is 0 Å². The van der Waals surface area contributed by atoms with Gasteiger partial charge in [0.15, 0.2) is 0 Å². The maximum Gasteiger partial charge on any atom is 0.267 e. The van der Waals surface area contributed by atoms with Crippen LogP contribution in [-0.2, 0) is 6.42 Å². The average Bonchev–Trinajstić information content (AvgIpc) is 2.28. The van der Waals surface area contributed by atoms with Crippen molar-refractivity contribution in [2.45, 2.75) is 12.8 Å². The van der Waals surface area contributed by atoms with E-state index in [1.54, 1.807) is 0 Å². The summed E-state index contributed by atoms with van der Waals surface area (Å²) in [5, 5.41) is 8.82. The van der Waals surface area contributed by atoms with Crippen molar-refractivity contribution in [2.24, 2.45) is 0 Å². The minimum atomic E-state index is -2.61. The maximum absolute atomic E-state index is 12.7. The van der Waals surface area contributed by atoms with Crippen molar-refractivity contribution in [2.75, 3.05) is 20.8 Å². The minimum Gasteiger partial charge on any atom is -0.496 e. The third kappa shape index (κ3) is 2.61. The molecule has 3 nitrogen and oxygen atoms in total. The van der Waals surface area contributed by atoms with Gasteiger partial charge in [-0.1, -0.05) is 0 Å². The molecule has 0 heterocycles. The molecule has 1 aromatic rings. The van der Waals surface area contributed by atoms with Gasteiger partial charge in [-0.15, -0.1) is 0 Å². The van der Waals surface area contributed by atoms with Gasteiger partial charge in [0, 0.05) is 12.7 Å². The van der Waals surface area contributed by atoms with Crippen LogP contribution in [-0.4, -0.2) is 25.9 Å². The molecule has 0 aliphatic carbocycles. The van der Waals surface area contributed by atoms with E-state index < -0.39 is 6.43 Å². The third-order valence-corrected chi connectivity index (χ3v) is 2.25. The Kier molecular flexibility index (Phi) is 4.49. The molecule has 1 rings (SSSR count). The first kappa shape index (κ1) is 12.7. The lowest BCUT2D eigenvalue weighted by molar-refractivity contribution is 0.146. The molecule has 0 atom stereocenters. The number of rotatable bonds is 5. The normalized spacial score (nSPS) is 10.6. The summed E-state index contributed by atoms with van der Waals surface area (Å²) in [6.45, 7) is -0.120. The maximum atomic E-state index is 12.7. The number of hydrogen-bond donors (Lipinski definition) is 1. The summed E-state index contributed by atoms with van der Waals surface area (Å²) in [5.41, 5.74) is 0.354. The molecule has 16 heavy (non-hydrogen) atoms. The fourth-order valence-corrected chi connectivity index (χ4v) is 1.48. The van der Waals surface area contributed by atoms with Gasteiger partial charge in [-0.05, 0) is 18.1 Å². The Bertz CT molecular complexity index is 353. The zero-order valence-corrected chi connectivity index (χ0v) is 9.17. The van der Waals surface area contributed by atoms with Gasteiger partial charge in [0.2, 0.25) is 0 Å². The van der Waals surface area contributed by atoms with E-state index in [4.69, 9.17) is 14.6 Å². The number of halogens is 2. The van der Waals surface area contributed by atoms with Crippen LogP contribution in [0.4, 0.5) is 8.78 Å². The number of benzene rings is 1. The van der Waals surface area contributed by atoms with Crippen LogP contribution in [0.3, 0.4) is 0 Å². The molecule has 0 aliphatic heterocycles. The standard InChI is InChI=1S/C11H14F2O3/c1-15-9-6-10(16-2)8(11(12)13)5-7(9)3-4-14/h5-6,11,14H,3-4H2,1-2H3. The fraction of sp³-hybridized carbons (Fsp3) is 0.455. The molecule has 0 saturated carbocycles. The Morgan fingerprint density at radius 2 is 1.81 bits per heavy atom. The van der Waals surface area contributed by atoms with Crippen molar-refractivity contribution in [3.8, 4) is 11.5 Å². The molecule has 5 heteroatoms. The Labute approximate surface area is 92.6 Å². The molecule has 0 aliphatic rings. The number of hydrogen-bond acceptors (Lipinski definition) is 3. The van der Waals surface area contributed by atoms with Crippen LogP contribution in [0.25, 0.3) is 0 Å². The van der Waals surface area contributed by atoms with E-state index in [1.807, 2.05) is 0 Å². The van der Waals surface area contributed by atoms with Gasteiger partial charge >= 0.3 is 0 Å². The molecule has 90 valence electrons. The highest BCUT2D eigenvalue weighted by atomic mass is 19.3. The Hall–Kier alpha value is -1.36. The lowest BCUT2D eigenvalue weighted by atomic mass is 10.1. The summed E-state index contributed by atoms with van der Waals surface area (Å²) in [5.74, 6) is 0.531. The molecule has 0 spiro atoms. The number of aliphatic hydroxyl groups excluding tert-OH is 1. The molecule has 0 saturated heterocycles. The van der Waals surface area contributed by atoms with Crippen LogP contribution < -0.4 is 9.47 Å². The third-order valence-electron chi connectivity index (χ3n) is 2.25. The lowest BCUT2D eigenvalue weighted by Gasteiger charge is -2.13. The van der Waals surface area contributed by atoms with Gasteiger partial charge in [-0.3, -0.25) is 0 Å². The molecule has 0 unspecified atom stereocenters. The van der Waals surface area contributed by atoms with Crippen molar-refractivity contribution < 1.29 is 23.4 Å². The first-order chi connectivity index (χ1) is 7.63. The summed E-state index contributed by atoms with van der Waals surface area (Å²) in [7, 11) is 2.77. The molecular weight excluding hydrogens is 218 g/mol. The van der Waals surface area contributed by atoms with Crippen molar-refractivity contribution in [3.05, 3.63) is 23.3 Å². The monoisotopic (exact) mass is 232 g/mol. The second-order valence-corrected chi connectivity index (χ2v) is 3.18.